The molecule has 0 unspecified atom stereocenters. The number of fused-ring (bicyclic) bond motifs is 6. The summed E-state index contributed by atoms with van der Waals surface area (Å²) in [6.45, 7) is -0.744. The summed E-state index contributed by atoms with van der Waals surface area (Å²) in [5.74, 6) is 0. The SMILES string of the molecule is OCC1(CO)c2ccccc2-c2ccc(-c3ccc4c(c3)C(CO)(CO)c3ccccc3-4)cc21. The minimum Gasteiger partial charge on any atom is -0.395 e. The molecule has 2 aliphatic rings. The maximum absolute atomic E-state index is 10.4. The van der Waals surface area contributed by atoms with Gasteiger partial charge >= 0.3 is 0 Å². The molecule has 0 amide bonds. The van der Waals surface area contributed by atoms with E-state index in [1.807, 2.05) is 48.5 Å². The lowest BCUT2D eigenvalue weighted by Gasteiger charge is -2.28. The zero-order valence-corrected chi connectivity index (χ0v) is 18.7. The topological polar surface area (TPSA) is 80.9 Å². The van der Waals surface area contributed by atoms with E-state index >= 15 is 0 Å². The minimum atomic E-state index is -0.852. The van der Waals surface area contributed by atoms with Crippen LogP contribution in [0.25, 0.3) is 33.4 Å². The first-order valence-electron chi connectivity index (χ1n) is 11.6. The standard InChI is InChI=1S/C30H26O4/c31-15-29(16-32)25-7-3-1-5-21(25)23-11-9-19(13-27(23)29)20-10-12-24-22-6-2-4-8-26(22)30(17-33,18-34)28(24)14-20/h1-14,31-34H,15-18H2. The number of aliphatic hydroxyl groups is 4. The summed E-state index contributed by atoms with van der Waals surface area (Å²) in [6.07, 6.45) is 0. The van der Waals surface area contributed by atoms with Crippen molar-refractivity contribution in [1.82, 2.24) is 0 Å². The van der Waals surface area contributed by atoms with Crippen LogP contribution in [0.5, 0.6) is 0 Å². The van der Waals surface area contributed by atoms with Crippen molar-refractivity contribution in [1.29, 1.82) is 0 Å². The zero-order valence-electron chi connectivity index (χ0n) is 18.7. The van der Waals surface area contributed by atoms with Crippen molar-refractivity contribution in [3.63, 3.8) is 0 Å². The lowest BCUT2D eigenvalue weighted by atomic mass is 9.78. The molecular formula is C30H26O4. The largest absolute Gasteiger partial charge is 0.395 e. The Labute approximate surface area is 198 Å². The van der Waals surface area contributed by atoms with Crippen molar-refractivity contribution >= 4 is 0 Å². The molecule has 4 N–H and O–H groups in total. The molecule has 170 valence electrons. The molecule has 2 aliphatic carbocycles. The lowest BCUT2D eigenvalue weighted by molar-refractivity contribution is 0.146. The van der Waals surface area contributed by atoms with Crippen LogP contribution in [0.15, 0.2) is 84.9 Å². The summed E-state index contributed by atoms with van der Waals surface area (Å²) in [5.41, 5.74) is 8.05. The summed E-state index contributed by atoms with van der Waals surface area (Å²) in [7, 11) is 0. The predicted octanol–water partition coefficient (Wildman–Crippen LogP) is 3.86. The van der Waals surface area contributed by atoms with Gasteiger partial charge in [0, 0.05) is 0 Å². The van der Waals surface area contributed by atoms with E-state index < -0.39 is 10.8 Å². The van der Waals surface area contributed by atoms with E-state index in [4.69, 9.17) is 0 Å². The molecule has 0 bridgehead atoms. The normalized spacial score (nSPS) is 16.0. The van der Waals surface area contributed by atoms with Gasteiger partial charge in [-0.3, -0.25) is 0 Å². The first kappa shape index (κ1) is 21.3. The number of hydrogen-bond acceptors (Lipinski definition) is 4. The van der Waals surface area contributed by atoms with Crippen LogP contribution in [-0.2, 0) is 10.8 Å². The van der Waals surface area contributed by atoms with Gasteiger partial charge in [-0.25, -0.2) is 0 Å². The molecule has 0 aromatic heterocycles. The molecule has 4 aromatic carbocycles. The van der Waals surface area contributed by atoms with E-state index in [0.29, 0.717) is 0 Å². The molecular weight excluding hydrogens is 424 g/mol. The molecule has 0 radical (unpaired) electrons. The Balaban J connectivity index is 1.53. The average molecular weight is 451 g/mol. The fourth-order valence-corrected chi connectivity index (χ4v) is 6.05. The summed E-state index contributed by atoms with van der Waals surface area (Å²) < 4.78 is 0. The van der Waals surface area contributed by atoms with Crippen LogP contribution in [0.4, 0.5) is 0 Å². The molecule has 0 saturated heterocycles. The van der Waals surface area contributed by atoms with Crippen molar-refractivity contribution in [2.75, 3.05) is 26.4 Å². The van der Waals surface area contributed by atoms with Crippen molar-refractivity contribution in [3.05, 3.63) is 107 Å². The highest BCUT2D eigenvalue weighted by molar-refractivity contribution is 5.87. The predicted molar refractivity (Wildman–Crippen MR) is 133 cm³/mol. The van der Waals surface area contributed by atoms with E-state index in [-0.39, 0.29) is 26.4 Å². The second kappa shape index (κ2) is 7.62. The summed E-state index contributed by atoms with van der Waals surface area (Å²) >= 11 is 0. The van der Waals surface area contributed by atoms with Crippen molar-refractivity contribution in [3.8, 4) is 33.4 Å². The van der Waals surface area contributed by atoms with Gasteiger partial charge in [0.1, 0.15) is 0 Å². The van der Waals surface area contributed by atoms with Gasteiger partial charge in [0.25, 0.3) is 0 Å². The van der Waals surface area contributed by atoms with Gasteiger partial charge in [0.2, 0.25) is 0 Å². The second-order valence-corrected chi connectivity index (χ2v) is 9.41. The highest BCUT2D eigenvalue weighted by Crippen LogP contribution is 2.52. The number of aliphatic hydroxyl groups excluding tert-OH is 4. The molecule has 4 heteroatoms. The lowest BCUT2D eigenvalue weighted by Crippen LogP contribution is -2.34. The van der Waals surface area contributed by atoms with E-state index in [0.717, 1.165) is 55.6 Å². The molecule has 0 saturated carbocycles. The third-order valence-electron chi connectivity index (χ3n) is 7.95. The summed E-state index contributed by atoms with van der Waals surface area (Å²) in [5, 5.41) is 41.7. The summed E-state index contributed by atoms with van der Waals surface area (Å²) in [6, 6.07) is 28.2. The fourth-order valence-electron chi connectivity index (χ4n) is 6.05. The Morgan fingerprint density at radius 3 is 1.15 bits per heavy atom. The van der Waals surface area contributed by atoms with Gasteiger partial charge in [0.15, 0.2) is 0 Å². The van der Waals surface area contributed by atoms with Crippen LogP contribution in [-0.4, -0.2) is 46.9 Å². The van der Waals surface area contributed by atoms with Gasteiger partial charge in [-0.15, -0.1) is 0 Å². The molecule has 0 aliphatic heterocycles. The van der Waals surface area contributed by atoms with Gasteiger partial charge in [-0.1, -0.05) is 72.8 Å². The van der Waals surface area contributed by atoms with E-state index in [9.17, 15) is 20.4 Å². The monoisotopic (exact) mass is 450 g/mol. The van der Waals surface area contributed by atoms with E-state index in [2.05, 4.69) is 36.4 Å². The number of benzene rings is 4. The van der Waals surface area contributed by atoms with Gasteiger partial charge < -0.3 is 20.4 Å². The van der Waals surface area contributed by atoms with Gasteiger partial charge in [0.05, 0.1) is 37.3 Å². The summed E-state index contributed by atoms with van der Waals surface area (Å²) in [4.78, 5) is 0. The fraction of sp³-hybridized carbons (Fsp3) is 0.200. The van der Waals surface area contributed by atoms with E-state index in [1.54, 1.807) is 0 Å². The van der Waals surface area contributed by atoms with Crippen molar-refractivity contribution in [2.24, 2.45) is 0 Å². The molecule has 34 heavy (non-hydrogen) atoms. The van der Waals surface area contributed by atoms with Crippen LogP contribution < -0.4 is 0 Å². The van der Waals surface area contributed by atoms with E-state index in [1.165, 1.54) is 0 Å². The first-order chi connectivity index (χ1) is 16.6. The minimum absolute atomic E-state index is 0.186. The highest BCUT2D eigenvalue weighted by atomic mass is 16.3. The maximum atomic E-state index is 10.4. The zero-order chi connectivity index (χ0) is 23.5. The Morgan fingerprint density at radius 1 is 0.412 bits per heavy atom. The average Bonchev–Trinajstić information content (AvgIpc) is 3.35. The molecule has 4 aromatic rings. The van der Waals surface area contributed by atoms with Gasteiger partial charge in [-0.2, -0.15) is 0 Å². The molecule has 0 fully saturated rings. The Morgan fingerprint density at radius 2 is 0.765 bits per heavy atom. The molecule has 0 atom stereocenters. The van der Waals surface area contributed by atoms with Gasteiger partial charge in [-0.05, 0) is 67.8 Å². The van der Waals surface area contributed by atoms with Crippen LogP contribution >= 0.6 is 0 Å². The third-order valence-corrected chi connectivity index (χ3v) is 7.95. The van der Waals surface area contributed by atoms with Crippen LogP contribution in [0.2, 0.25) is 0 Å². The van der Waals surface area contributed by atoms with Crippen molar-refractivity contribution in [2.45, 2.75) is 10.8 Å². The quantitative estimate of drug-likeness (QED) is 0.372. The molecule has 4 nitrogen and oxygen atoms in total. The highest BCUT2D eigenvalue weighted by Gasteiger charge is 2.44. The second-order valence-electron chi connectivity index (χ2n) is 9.41. The van der Waals surface area contributed by atoms with Crippen LogP contribution in [0.1, 0.15) is 22.3 Å². The smallest absolute Gasteiger partial charge is 0.0676 e. The molecule has 0 spiro atoms. The Bertz CT molecular complexity index is 1300. The maximum Gasteiger partial charge on any atom is 0.0676 e. The Hall–Kier alpha value is -3.28. The number of hydrogen-bond donors (Lipinski definition) is 4. The molecule has 6 rings (SSSR count). The van der Waals surface area contributed by atoms with Crippen LogP contribution in [0.3, 0.4) is 0 Å². The van der Waals surface area contributed by atoms with Crippen molar-refractivity contribution < 1.29 is 20.4 Å². The number of rotatable bonds is 5. The first-order valence-corrected chi connectivity index (χ1v) is 11.6. The third kappa shape index (κ3) is 2.57. The van der Waals surface area contributed by atoms with Crippen LogP contribution in [0, 0.1) is 0 Å². The Kier molecular flexibility index (Phi) is 4.77. The molecule has 0 heterocycles.